The second-order valence-corrected chi connectivity index (χ2v) is 4.04. The topological polar surface area (TPSA) is 9.23 Å². The van der Waals surface area contributed by atoms with Crippen LogP contribution in [0.15, 0.2) is 12.2 Å². The maximum Gasteiger partial charge on any atom is 0.692 e. The van der Waals surface area contributed by atoms with Crippen LogP contribution < -0.4 is 0 Å². The van der Waals surface area contributed by atoms with Crippen LogP contribution in [0.25, 0.3) is 0 Å². The monoisotopic (exact) mass is 238 g/mol. The molecule has 1 unspecified atom stereocenters. The van der Waals surface area contributed by atoms with E-state index in [4.69, 9.17) is 0 Å². The van der Waals surface area contributed by atoms with Gasteiger partial charge >= 0.3 is 14.6 Å². The number of rotatable bonds is 5. The summed E-state index contributed by atoms with van der Waals surface area (Å²) in [6.07, 6.45) is -1.01. The Hall–Kier alpha value is -0.503. The summed E-state index contributed by atoms with van der Waals surface area (Å²) in [5.41, 5.74) is -4.54. The van der Waals surface area contributed by atoms with Crippen molar-refractivity contribution in [3.8, 4) is 0 Å². The highest BCUT2D eigenvalue weighted by Crippen LogP contribution is 2.37. The lowest BCUT2D eigenvalue weighted by atomic mass is 10.5. The van der Waals surface area contributed by atoms with Gasteiger partial charge in [0.25, 0.3) is 0 Å². The maximum atomic E-state index is 12.9. The first-order valence-electron chi connectivity index (χ1n) is 3.65. The van der Waals surface area contributed by atoms with Gasteiger partial charge < -0.3 is 4.74 Å². The van der Waals surface area contributed by atoms with Crippen molar-refractivity contribution in [1.29, 1.82) is 0 Å². The van der Waals surface area contributed by atoms with Crippen molar-refractivity contribution in [3.63, 3.8) is 0 Å². The Morgan fingerprint density at radius 3 is 2.21 bits per heavy atom. The SMILES string of the molecule is CCCOC(F)(C(F)=CF)[Si](F)(F)F. The minimum atomic E-state index is -7.10. The number of hydrogen-bond donors (Lipinski definition) is 0. The van der Waals surface area contributed by atoms with E-state index in [9.17, 15) is 25.5 Å². The van der Waals surface area contributed by atoms with Gasteiger partial charge in [0.2, 0.25) is 0 Å². The van der Waals surface area contributed by atoms with E-state index in [1.165, 1.54) is 6.92 Å². The molecule has 0 saturated carbocycles. The fourth-order valence-corrected chi connectivity index (χ4v) is 1.19. The Morgan fingerprint density at radius 2 is 1.93 bits per heavy atom. The van der Waals surface area contributed by atoms with Gasteiger partial charge in [0.1, 0.15) is 6.33 Å². The Kier molecular flexibility index (Phi) is 4.65. The molecular formula is C6H8F6OSi. The minimum absolute atomic E-state index is 0.0652. The molecule has 0 aromatic carbocycles. The molecule has 0 bridgehead atoms. The van der Waals surface area contributed by atoms with Gasteiger partial charge in [-0.3, -0.25) is 0 Å². The minimum Gasteiger partial charge on any atom is -0.337 e. The lowest BCUT2D eigenvalue weighted by Crippen LogP contribution is -2.49. The standard InChI is InChI=1S/C6H8F6OSi/c1-2-3-13-6(9,5(8)4-7)14(10,11)12/h4H,2-3H2,1H3. The quantitative estimate of drug-likeness (QED) is 0.406. The van der Waals surface area contributed by atoms with Crippen LogP contribution in [0, 0.1) is 0 Å². The number of hydrogen-bond acceptors (Lipinski definition) is 1. The van der Waals surface area contributed by atoms with Crippen LogP contribution in [0.2, 0.25) is 0 Å². The molecule has 0 heterocycles. The molecule has 0 saturated heterocycles. The van der Waals surface area contributed by atoms with Crippen LogP contribution >= 0.6 is 0 Å². The van der Waals surface area contributed by atoms with Crippen molar-refractivity contribution in [2.24, 2.45) is 0 Å². The van der Waals surface area contributed by atoms with Crippen molar-refractivity contribution < 1.29 is 30.2 Å². The third-order valence-corrected chi connectivity index (χ3v) is 2.39. The third kappa shape index (κ3) is 2.74. The van der Waals surface area contributed by atoms with Gasteiger partial charge in [-0.15, -0.1) is 0 Å². The molecule has 0 aromatic rings. The Bertz CT molecular complexity index is 215. The fourth-order valence-electron chi connectivity index (χ4n) is 0.599. The van der Waals surface area contributed by atoms with Crippen molar-refractivity contribution in [2.45, 2.75) is 18.8 Å². The summed E-state index contributed by atoms with van der Waals surface area (Å²) in [7, 11) is -7.10. The molecular weight excluding hydrogens is 230 g/mol. The van der Waals surface area contributed by atoms with Crippen molar-refractivity contribution in [3.05, 3.63) is 12.2 Å². The zero-order chi connectivity index (χ0) is 11.4. The van der Waals surface area contributed by atoms with E-state index in [1.54, 1.807) is 0 Å². The maximum absolute atomic E-state index is 12.9. The molecule has 0 rings (SSSR count). The van der Waals surface area contributed by atoms with E-state index in [0.717, 1.165) is 0 Å². The summed E-state index contributed by atoms with van der Waals surface area (Å²) in [6, 6.07) is 0. The van der Waals surface area contributed by atoms with Crippen LogP contribution in [0.5, 0.6) is 0 Å². The molecule has 0 fully saturated rings. The zero-order valence-electron chi connectivity index (χ0n) is 7.17. The smallest absolute Gasteiger partial charge is 0.337 e. The second kappa shape index (κ2) is 4.83. The van der Waals surface area contributed by atoms with Crippen molar-refractivity contribution >= 4 is 9.08 Å². The number of ether oxygens (including phenoxy) is 1. The van der Waals surface area contributed by atoms with Gasteiger partial charge in [-0.25, -0.2) is 21.1 Å². The Morgan fingerprint density at radius 1 is 1.43 bits per heavy atom. The Labute approximate surface area is 77.9 Å². The number of halogens is 6. The first-order chi connectivity index (χ1) is 6.29. The largest absolute Gasteiger partial charge is 0.692 e. The van der Waals surface area contributed by atoms with E-state index in [2.05, 4.69) is 4.74 Å². The fraction of sp³-hybridized carbons (Fsp3) is 0.667. The second-order valence-electron chi connectivity index (χ2n) is 2.40. The number of alkyl halides is 1. The molecule has 0 N–H and O–H groups in total. The molecule has 14 heavy (non-hydrogen) atoms. The lowest BCUT2D eigenvalue weighted by Gasteiger charge is -2.23. The van der Waals surface area contributed by atoms with Crippen molar-refractivity contribution in [1.82, 2.24) is 0 Å². The Balaban J connectivity index is 4.86. The molecule has 1 atom stereocenters. The molecule has 8 heteroatoms. The van der Waals surface area contributed by atoms with Crippen LogP contribution in [0.3, 0.4) is 0 Å². The molecule has 0 amide bonds. The van der Waals surface area contributed by atoms with Gasteiger partial charge in [-0.05, 0) is 6.42 Å². The van der Waals surface area contributed by atoms with Crippen LogP contribution in [-0.4, -0.2) is 21.2 Å². The predicted octanol–water partition coefficient (Wildman–Crippen LogP) is 3.25. The van der Waals surface area contributed by atoms with E-state index in [0.29, 0.717) is 0 Å². The van der Waals surface area contributed by atoms with E-state index < -0.39 is 33.3 Å². The summed E-state index contributed by atoms with van der Waals surface area (Å²) in [6.45, 7) is 0.777. The van der Waals surface area contributed by atoms with E-state index >= 15 is 0 Å². The zero-order valence-corrected chi connectivity index (χ0v) is 8.17. The first-order valence-corrected chi connectivity index (χ1v) is 5.29. The van der Waals surface area contributed by atoms with Crippen LogP contribution in [-0.2, 0) is 4.74 Å². The molecule has 84 valence electrons. The van der Waals surface area contributed by atoms with E-state index in [1.807, 2.05) is 0 Å². The molecule has 0 aliphatic heterocycles. The molecule has 0 radical (unpaired) electrons. The molecule has 0 spiro atoms. The van der Waals surface area contributed by atoms with Gasteiger partial charge in [0, 0.05) is 0 Å². The normalized spacial score (nSPS) is 18.1. The molecule has 1 nitrogen and oxygen atoms in total. The first kappa shape index (κ1) is 13.5. The van der Waals surface area contributed by atoms with E-state index in [-0.39, 0.29) is 6.42 Å². The molecule has 0 aromatic heterocycles. The highest BCUT2D eigenvalue weighted by Gasteiger charge is 2.68. The van der Waals surface area contributed by atoms with Gasteiger partial charge in [0.05, 0.1) is 6.61 Å². The third-order valence-electron chi connectivity index (χ3n) is 1.27. The summed E-state index contributed by atoms with van der Waals surface area (Å²) >= 11 is 0. The molecule has 0 aliphatic carbocycles. The van der Waals surface area contributed by atoms with Crippen LogP contribution in [0.4, 0.5) is 25.5 Å². The predicted molar refractivity (Wildman–Crippen MR) is 39.5 cm³/mol. The average molecular weight is 238 g/mol. The molecule has 0 aliphatic rings. The summed E-state index contributed by atoms with van der Waals surface area (Å²) in [5, 5.41) is 0. The van der Waals surface area contributed by atoms with Crippen LogP contribution in [0.1, 0.15) is 13.3 Å². The summed E-state index contributed by atoms with van der Waals surface area (Å²) in [5.74, 6) is -2.58. The highest BCUT2D eigenvalue weighted by atomic mass is 28.5. The van der Waals surface area contributed by atoms with Gasteiger partial charge in [0.15, 0.2) is 5.83 Å². The van der Waals surface area contributed by atoms with Gasteiger partial charge in [-0.2, -0.15) is 4.39 Å². The summed E-state index contributed by atoms with van der Waals surface area (Å²) in [4.78, 5) is 0. The lowest BCUT2D eigenvalue weighted by molar-refractivity contribution is -0.0940. The highest BCUT2D eigenvalue weighted by molar-refractivity contribution is 6.62. The van der Waals surface area contributed by atoms with Gasteiger partial charge in [-0.1, -0.05) is 6.92 Å². The summed E-state index contributed by atoms with van der Waals surface area (Å²) < 4.78 is 76.6. The van der Waals surface area contributed by atoms with Crippen molar-refractivity contribution in [2.75, 3.05) is 6.61 Å². The average Bonchev–Trinajstić information content (AvgIpc) is 2.10.